The molecule has 3 aromatic rings. The molecule has 1 saturated heterocycles. The van der Waals surface area contributed by atoms with Gasteiger partial charge < -0.3 is 10.6 Å². The first-order chi connectivity index (χ1) is 14.0. The van der Waals surface area contributed by atoms with E-state index in [0.29, 0.717) is 12.8 Å². The second kappa shape index (κ2) is 7.79. The molecular weight excluding hydrogens is 371 g/mol. The van der Waals surface area contributed by atoms with E-state index in [0.717, 1.165) is 30.0 Å². The monoisotopic (exact) mass is 396 g/mol. The quantitative estimate of drug-likeness (QED) is 0.695. The van der Waals surface area contributed by atoms with Crippen LogP contribution in [0.5, 0.6) is 0 Å². The van der Waals surface area contributed by atoms with Crippen molar-refractivity contribution in [2.45, 2.75) is 38.3 Å². The Hall–Kier alpha value is -3.00. The molecule has 1 amide bonds. The summed E-state index contributed by atoms with van der Waals surface area (Å²) in [6.07, 6.45) is 6.68. The Labute approximate surface area is 168 Å². The maximum Gasteiger partial charge on any atom is 0.248 e. The molecule has 8 heteroatoms. The number of hydrogen-bond donors (Lipinski definition) is 2. The highest BCUT2D eigenvalue weighted by Crippen LogP contribution is 2.29. The summed E-state index contributed by atoms with van der Waals surface area (Å²) in [5, 5.41) is 15.3. The van der Waals surface area contributed by atoms with Gasteiger partial charge in [-0.2, -0.15) is 10.2 Å². The topological polar surface area (TPSA) is 76.8 Å². The molecule has 1 atom stereocenters. The van der Waals surface area contributed by atoms with Gasteiger partial charge in [-0.25, -0.2) is 9.07 Å². The molecule has 3 heterocycles. The van der Waals surface area contributed by atoms with Crippen molar-refractivity contribution in [2.75, 3.05) is 13.1 Å². The Morgan fingerprint density at radius 2 is 1.97 bits per heavy atom. The van der Waals surface area contributed by atoms with E-state index in [1.165, 1.54) is 12.1 Å². The van der Waals surface area contributed by atoms with Crippen molar-refractivity contribution in [2.24, 2.45) is 0 Å². The minimum atomic E-state index is -0.691. The van der Waals surface area contributed by atoms with E-state index in [-0.39, 0.29) is 17.8 Å². The second-order valence-electron chi connectivity index (χ2n) is 7.50. The Balaban J connectivity index is 1.56. The highest BCUT2D eigenvalue weighted by molar-refractivity contribution is 5.85. The number of piperidine rings is 1. The number of aromatic nitrogens is 4. The van der Waals surface area contributed by atoms with Gasteiger partial charge in [0.05, 0.1) is 17.9 Å². The highest BCUT2D eigenvalue weighted by Gasteiger charge is 2.42. The van der Waals surface area contributed by atoms with E-state index in [2.05, 4.69) is 20.8 Å². The maximum atomic E-state index is 13.4. The van der Waals surface area contributed by atoms with Crippen LogP contribution in [0.15, 0.2) is 48.9 Å². The van der Waals surface area contributed by atoms with E-state index < -0.39 is 5.54 Å². The predicted octanol–water partition coefficient (Wildman–Crippen LogP) is 2.47. The van der Waals surface area contributed by atoms with Crippen molar-refractivity contribution in [3.05, 3.63) is 66.0 Å². The Kier molecular flexibility index (Phi) is 5.19. The molecule has 1 aliphatic heterocycles. The zero-order valence-corrected chi connectivity index (χ0v) is 16.6. The van der Waals surface area contributed by atoms with Crippen LogP contribution < -0.4 is 10.6 Å². The zero-order chi connectivity index (χ0) is 20.4. The molecule has 29 heavy (non-hydrogen) atoms. The summed E-state index contributed by atoms with van der Waals surface area (Å²) in [5.74, 6) is -0.325. The first kappa shape index (κ1) is 19.3. The van der Waals surface area contributed by atoms with Crippen LogP contribution in [0, 0.1) is 12.7 Å². The van der Waals surface area contributed by atoms with Crippen molar-refractivity contribution in [3.8, 4) is 5.69 Å². The fourth-order valence-electron chi connectivity index (χ4n) is 4.02. The first-order valence-electron chi connectivity index (χ1n) is 9.83. The number of hydrogen-bond acceptors (Lipinski definition) is 4. The lowest BCUT2D eigenvalue weighted by molar-refractivity contribution is -0.132. The summed E-state index contributed by atoms with van der Waals surface area (Å²) < 4.78 is 16.8. The third-order valence-corrected chi connectivity index (χ3v) is 5.73. The minimum absolute atomic E-state index is 0.0378. The Morgan fingerprint density at radius 3 is 2.62 bits per heavy atom. The van der Waals surface area contributed by atoms with Gasteiger partial charge in [-0.3, -0.25) is 9.48 Å². The number of halogens is 1. The van der Waals surface area contributed by atoms with E-state index in [9.17, 15) is 9.18 Å². The third kappa shape index (κ3) is 3.55. The van der Waals surface area contributed by atoms with Crippen LogP contribution in [0.3, 0.4) is 0 Å². The molecule has 0 radical (unpaired) electrons. The van der Waals surface area contributed by atoms with Crippen molar-refractivity contribution in [3.63, 3.8) is 0 Å². The van der Waals surface area contributed by atoms with Crippen LogP contribution in [0.25, 0.3) is 5.69 Å². The van der Waals surface area contributed by atoms with Gasteiger partial charge in [0.25, 0.3) is 0 Å². The molecule has 0 spiro atoms. The molecule has 2 aromatic heterocycles. The largest absolute Gasteiger partial charge is 0.347 e. The van der Waals surface area contributed by atoms with Crippen LogP contribution in [-0.4, -0.2) is 38.6 Å². The fraction of sp³-hybridized carbons (Fsp3) is 0.381. The molecule has 0 saturated carbocycles. The highest BCUT2D eigenvalue weighted by atomic mass is 19.1. The standard InChI is InChI=1S/C21H25FN6O/c1-15(19-14-25-28(16(19)2)18-6-4-17(22)5-7-18)26-20(29)21(8-11-23-12-9-21)27-13-3-10-24-27/h3-7,10,13-15,23H,8-9,11-12H2,1-2H3,(H,26,29). The fourth-order valence-corrected chi connectivity index (χ4v) is 4.02. The predicted molar refractivity (Wildman–Crippen MR) is 107 cm³/mol. The van der Waals surface area contributed by atoms with E-state index in [1.54, 1.807) is 33.9 Å². The van der Waals surface area contributed by atoms with Crippen LogP contribution in [0.2, 0.25) is 0 Å². The van der Waals surface area contributed by atoms with Crippen molar-refractivity contribution in [1.82, 2.24) is 30.2 Å². The summed E-state index contributed by atoms with van der Waals surface area (Å²) in [6, 6.07) is 7.81. The van der Waals surface area contributed by atoms with Crippen LogP contribution in [-0.2, 0) is 10.3 Å². The third-order valence-electron chi connectivity index (χ3n) is 5.73. The molecule has 4 rings (SSSR count). The molecule has 152 valence electrons. The molecule has 1 unspecified atom stereocenters. The van der Waals surface area contributed by atoms with Crippen molar-refractivity contribution < 1.29 is 9.18 Å². The minimum Gasteiger partial charge on any atom is -0.347 e. The summed E-state index contributed by atoms with van der Waals surface area (Å²) in [7, 11) is 0. The SMILES string of the molecule is Cc1c(C(C)NC(=O)C2(n3cccn3)CCNCC2)cnn1-c1ccc(F)cc1. The van der Waals surface area contributed by atoms with Gasteiger partial charge in [-0.05, 0) is 70.1 Å². The van der Waals surface area contributed by atoms with E-state index >= 15 is 0 Å². The van der Waals surface area contributed by atoms with Crippen molar-refractivity contribution in [1.29, 1.82) is 0 Å². The van der Waals surface area contributed by atoms with Crippen LogP contribution >= 0.6 is 0 Å². The Morgan fingerprint density at radius 1 is 1.24 bits per heavy atom. The van der Waals surface area contributed by atoms with Gasteiger partial charge in [-0.15, -0.1) is 0 Å². The van der Waals surface area contributed by atoms with Gasteiger partial charge in [0.1, 0.15) is 11.4 Å². The van der Waals surface area contributed by atoms with Crippen molar-refractivity contribution >= 4 is 5.91 Å². The molecular formula is C21H25FN6O. The molecule has 0 bridgehead atoms. The lowest BCUT2D eigenvalue weighted by atomic mass is 9.87. The molecule has 1 aromatic carbocycles. The van der Waals surface area contributed by atoms with Gasteiger partial charge in [0.2, 0.25) is 5.91 Å². The maximum absolute atomic E-state index is 13.4. The summed E-state index contributed by atoms with van der Waals surface area (Å²) >= 11 is 0. The number of amides is 1. The van der Waals surface area contributed by atoms with Crippen LogP contribution in [0.4, 0.5) is 4.39 Å². The summed E-state index contributed by atoms with van der Waals surface area (Å²) in [6.45, 7) is 5.43. The smallest absolute Gasteiger partial charge is 0.248 e. The average molecular weight is 396 g/mol. The number of nitrogens with zero attached hydrogens (tertiary/aromatic N) is 4. The average Bonchev–Trinajstić information content (AvgIpc) is 3.39. The first-order valence-corrected chi connectivity index (χ1v) is 9.83. The molecule has 1 aliphatic rings. The zero-order valence-electron chi connectivity index (χ0n) is 16.6. The number of rotatable bonds is 5. The van der Waals surface area contributed by atoms with Gasteiger partial charge in [0, 0.05) is 23.7 Å². The van der Waals surface area contributed by atoms with Gasteiger partial charge in [-0.1, -0.05) is 0 Å². The van der Waals surface area contributed by atoms with E-state index in [1.807, 2.05) is 26.1 Å². The molecule has 2 N–H and O–H groups in total. The number of nitrogens with one attached hydrogen (secondary N) is 2. The molecule has 1 fully saturated rings. The normalized spacial score (nSPS) is 17.1. The lowest BCUT2D eigenvalue weighted by Crippen LogP contribution is -2.55. The second-order valence-corrected chi connectivity index (χ2v) is 7.50. The van der Waals surface area contributed by atoms with Gasteiger partial charge in [0.15, 0.2) is 0 Å². The molecule has 0 aliphatic carbocycles. The number of carbonyl (C=O) groups is 1. The number of carbonyl (C=O) groups excluding carboxylic acids is 1. The van der Waals surface area contributed by atoms with Gasteiger partial charge >= 0.3 is 0 Å². The lowest BCUT2D eigenvalue weighted by Gasteiger charge is -2.37. The number of benzene rings is 1. The van der Waals surface area contributed by atoms with Crippen LogP contribution in [0.1, 0.15) is 37.1 Å². The summed E-state index contributed by atoms with van der Waals surface area (Å²) in [5.41, 5.74) is 1.92. The molecule has 7 nitrogen and oxygen atoms in total. The Bertz CT molecular complexity index is 973. The summed E-state index contributed by atoms with van der Waals surface area (Å²) in [4.78, 5) is 13.4. The van der Waals surface area contributed by atoms with E-state index in [4.69, 9.17) is 0 Å².